The topological polar surface area (TPSA) is 21.3 Å². The third-order valence-electron chi connectivity index (χ3n) is 4.07. The summed E-state index contributed by atoms with van der Waals surface area (Å²) in [6.07, 6.45) is 3.86. The van der Waals surface area contributed by atoms with Crippen molar-refractivity contribution in [1.29, 1.82) is 0 Å². The van der Waals surface area contributed by atoms with Crippen molar-refractivity contribution in [3.05, 3.63) is 29.3 Å². The minimum Gasteiger partial charge on any atom is -0.488 e. The number of rotatable bonds is 5. The van der Waals surface area contributed by atoms with Crippen LogP contribution in [0.15, 0.2) is 18.2 Å². The van der Waals surface area contributed by atoms with Crippen LogP contribution in [0, 0.1) is 12.3 Å². The third kappa shape index (κ3) is 2.50. The van der Waals surface area contributed by atoms with E-state index < -0.39 is 0 Å². The van der Waals surface area contributed by atoms with E-state index in [-0.39, 0.29) is 6.10 Å². The molecule has 3 heteroatoms. The molecule has 0 bridgehead atoms. The molecule has 18 heavy (non-hydrogen) atoms. The van der Waals surface area contributed by atoms with Gasteiger partial charge in [0.1, 0.15) is 11.9 Å². The fourth-order valence-electron chi connectivity index (χ4n) is 2.60. The molecule has 2 aliphatic rings. The highest BCUT2D eigenvalue weighted by atomic mass is 35.5. The van der Waals surface area contributed by atoms with Crippen molar-refractivity contribution in [2.75, 3.05) is 19.0 Å². The van der Waals surface area contributed by atoms with Gasteiger partial charge in [0.05, 0.1) is 0 Å². The predicted octanol–water partition coefficient (Wildman–Crippen LogP) is 2.91. The summed E-state index contributed by atoms with van der Waals surface area (Å²) in [7, 11) is 0. The van der Waals surface area contributed by atoms with Crippen LogP contribution in [0.25, 0.3) is 0 Å². The molecular weight excluding hydrogens is 246 g/mol. The van der Waals surface area contributed by atoms with E-state index in [4.69, 9.17) is 16.3 Å². The number of halogens is 1. The van der Waals surface area contributed by atoms with Crippen LogP contribution in [0.4, 0.5) is 0 Å². The summed E-state index contributed by atoms with van der Waals surface area (Å²) in [6.45, 7) is 4.08. The first-order valence-corrected chi connectivity index (χ1v) is 7.27. The van der Waals surface area contributed by atoms with Crippen LogP contribution in [0.5, 0.6) is 5.75 Å². The zero-order valence-corrected chi connectivity index (χ0v) is 11.6. The van der Waals surface area contributed by atoms with Crippen molar-refractivity contribution < 1.29 is 4.74 Å². The van der Waals surface area contributed by atoms with Gasteiger partial charge in [-0.3, -0.25) is 0 Å². The first-order chi connectivity index (χ1) is 8.71. The quantitative estimate of drug-likeness (QED) is 0.827. The van der Waals surface area contributed by atoms with Crippen LogP contribution in [0.2, 0.25) is 0 Å². The van der Waals surface area contributed by atoms with Crippen LogP contribution in [-0.2, 0) is 6.42 Å². The molecule has 1 saturated carbocycles. The Morgan fingerprint density at radius 2 is 2.28 bits per heavy atom. The lowest BCUT2D eigenvalue weighted by molar-refractivity contribution is 0.224. The van der Waals surface area contributed by atoms with Crippen molar-refractivity contribution >= 4 is 11.6 Å². The smallest absolute Gasteiger partial charge is 0.123 e. The summed E-state index contributed by atoms with van der Waals surface area (Å²) in [4.78, 5) is 0. The van der Waals surface area contributed by atoms with Crippen molar-refractivity contribution in [2.24, 2.45) is 5.41 Å². The number of alkyl halides is 1. The average molecular weight is 266 g/mol. The molecule has 0 radical (unpaired) electrons. The van der Waals surface area contributed by atoms with E-state index >= 15 is 0 Å². The van der Waals surface area contributed by atoms with Gasteiger partial charge >= 0.3 is 0 Å². The molecule has 1 atom stereocenters. The monoisotopic (exact) mass is 265 g/mol. The van der Waals surface area contributed by atoms with Crippen molar-refractivity contribution in [3.63, 3.8) is 0 Å². The summed E-state index contributed by atoms with van der Waals surface area (Å²) < 4.78 is 5.94. The van der Waals surface area contributed by atoms with Gasteiger partial charge in [-0.2, -0.15) is 0 Å². The molecule has 1 unspecified atom stereocenters. The maximum absolute atomic E-state index is 5.97. The molecule has 0 amide bonds. The Morgan fingerprint density at radius 1 is 1.44 bits per heavy atom. The lowest BCUT2D eigenvalue weighted by Crippen LogP contribution is -2.34. The second-order valence-electron chi connectivity index (χ2n) is 5.82. The summed E-state index contributed by atoms with van der Waals surface area (Å²) in [6, 6.07) is 6.43. The molecule has 0 aromatic heterocycles. The molecule has 1 heterocycles. The number of ether oxygens (including phenoxy) is 1. The lowest BCUT2D eigenvalue weighted by atomic mass is 10.1. The van der Waals surface area contributed by atoms with E-state index in [1.165, 1.54) is 24.0 Å². The molecule has 0 saturated heterocycles. The second-order valence-corrected chi connectivity index (χ2v) is 6.09. The molecule has 1 N–H and O–H groups in total. The van der Waals surface area contributed by atoms with Crippen LogP contribution in [0.3, 0.4) is 0 Å². The van der Waals surface area contributed by atoms with E-state index in [1.807, 2.05) is 0 Å². The molecule has 98 valence electrons. The number of nitrogens with one attached hydrogen (secondary N) is 1. The highest BCUT2D eigenvalue weighted by molar-refractivity contribution is 6.18. The van der Waals surface area contributed by atoms with Crippen LogP contribution in [-0.4, -0.2) is 25.1 Å². The van der Waals surface area contributed by atoms with Crippen LogP contribution < -0.4 is 10.1 Å². The first-order valence-electron chi connectivity index (χ1n) is 6.74. The van der Waals surface area contributed by atoms with Gasteiger partial charge in [-0.15, -0.1) is 11.6 Å². The van der Waals surface area contributed by atoms with Gasteiger partial charge in [-0.1, -0.05) is 17.7 Å². The maximum atomic E-state index is 5.97. The Hall–Kier alpha value is -0.730. The van der Waals surface area contributed by atoms with Crippen LogP contribution >= 0.6 is 11.6 Å². The Kier molecular flexibility index (Phi) is 3.25. The molecule has 1 fully saturated rings. The molecular formula is C15H20ClNO. The van der Waals surface area contributed by atoms with Gasteiger partial charge in [-0.05, 0) is 36.8 Å². The maximum Gasteiger partial charge on any atom is 0.123 e. The Bertz CT molecular complexity index is 442. The van der Waals surface area contributed by atoms with Gasteiger partial charge < -0.3 is 10.1 Å². The van der Waals surface area contributed by atoms with Gasteiger partial charge in [0, 0.05) is 25.4 Å². The zero-order valence-electron chi connectivity index (χ0n) is 10.8. The normalized spacial score (nSPS) is 23.6. The largest absolute Gasteiger partial charge is 0.488 e. The standard InChI is InChI=1S/C15H20ClNO/c1-11-2-3-14-12(6-11)7-13(18-14)8-17-10-15(9-16)4-5-15/h2-3,6,13,17H,4-5,7-10H2,1H3. The Labute approximate surface area is 114 Å². The van der Waals surface area contributed by atoms with Crippen molar-refractivity contribution in [2.45, 2.75) is 32.3 Å². The Balaban J connectivity index is 1.49. The number of hydrogen-bond acceptors (Lipinski definition) is 2. The second kappa shape index (κ2) is 4.75. The minimum atomic E-state index is 0.285. The lowest BCUT2D eigenvalue weighted by Gasteiger charge is -2.15. The fraction of sp³-hybridized carbons (Fsp3) is 0.600. The molecule has 1 aromatic carbocycles. The Morgan fingerprint density at radius 3 is 3.00 bits per heavy atom. The number of aryl methyl sites for hydroxylation is 1. The summed E-state index contributed by atoms with van der Waals surface area (Å²) in [5.41, 5.74) is 3.05. The SMILES string of the molecule is Cc1ccc2c(c1)CC(CNCC1(CCl)CC1)O2. The van der Waals surface area contributed by atoms with E-state index in [2.05, 4.69) is 30.4 Å². The predicted molar refractivity (Wildman–Crippen MR) is 74.6 cm³/mol. The summed E-state index contributed by atoms with van der Waals surface area (Å²) in [5.74, 6) is 1.84. The number of hydrogen-bond donors (Lipinski definition) is 1. The van der Waals surface area contributed by atoms with Crippen LogP contribution in [0.1, 0.15) is 24.0 Å². The van der Waals surface area contributed by atoms with Gasteiger partial charge in [0.25, 0.3) is 0 Å². The van der Waals surface area contributed by atoms with E-state index in [0.717, 1.165) is 31.1 Å². The summed E-state index contributed by atoms with van der Waals surface area (Å²) >= 11 is 5.97. The molecule has 1 aromatic rings. The highest BCUT2D eigenvalue weighted by Gasteiger charge is 2.41. The first kappa shape index (κ1) is 12.3. The molecule has 2 nitrogen and oxygen atoms in total. The zero-order chi connectivity index (χ0) is 12.6. The molecule has 1 aliphatic heterocycles. The number of fused-ring (bicyclic) bond motifs is 1. The van der Waals surface area contributed by atoms with Crippen molar-refractivity contribution in [3.8, 4) is 5.75 Å². The van der Waals surface area contributed by atoms with E-state index in [1.54, 1.807) is 0 Å². The molecule has 1 aliphatic carbocycles. The minimum absolute atomic E-state index is 0.285. The van der Waals surface area contributed by atoms with Gasteiger partial charge in [0.15, 0.2) is 0 Å². The van der Waals surface area contributed by atoms with Gasteiger partial charge in [-0.25, -0.2) is 0 Å². The molecule has 3 rings (SSSR count). The third-order valence-corrected chi connectivity index (χ3v) is 4.64. The van der Waals surface area contributed by atoms with Gasteiger partial charge in [0.2, 0.25) is 0 Å². The number of benzene rings is 1. The summed E-state index contributed by atoms with van der Waals surface area (Å²) in [5, 5.41) is 3.52. The molecule has 0 spiro atoms. The van der Waals surface area contributed by atoms with E-state index in [9.17, 15) is 0 Å². The van der Waals surface area contributed by atoms with E-state index in [0.29, 0.717) is 5.41 Å². The average Bonchev–Trinajstić information content (AvgIpc) is 3.02. The highest BCUT2D eigenvalue weighted by Crippen LogP contribution is 2.45. The van der Waals surface area contributed by atoms with Crippen molar-refractivity contribution in [1.82, 2.24) is 5.32 Å². The fourth-order valence-corrected chi connectivity index (χ4v) is 2.96.